The summed E-state index contributed by atoms with van der Waals surface area (Å²) in [7, 11) is 0. The lowest BCUT2D eigenvalue weighted by Gasteiger charge is -2.19. The minimum atomic E-state index is 0.455. The van der Waals surface area contributed by atoms with Gasteiger partial charge in [0.25, 0.3) is 0 Å². The van der Waals surface area contributed by atoms with E-state index >= 15 is 0 Å². The molecule has 1 aliphatic carbocycles. The van der Waals surface area contributed by atoms with E-state index in [9.17, 15) is 0 Å². The van der Waals surface area contributed by atoms with Crippen LogP contribution in [0.5, 0.6) is 11.5 Å². The molecule has 1 aliphatic heterocycles. The molecular weight excluding hydrogens is 380 g/mol. The third-order valence-electron chi connectivity index (χ3n) is 4.20. The lowest BCUT2D eigenvalue weighted by molar-refractivity contribution is 0.171. The molecule has 122 valence electrons. The van der Waals surface area contributed by atoms with Gasteiger partial charge < -0.3 is 9.47 Å². The van der Waals surface area contributed by atoms with E-state index in [4.69, 9.17) is 9.47 Å². The first-order chi connectivity index (χ1) is 11.3. The van der Waals surface area contributed by atoms with E-state index in [-0.39, 0.29) is 0 Å². The van der Waals surface area contributed by atoms with Gasteiger partial charge in [0.1, 0.15) is 13.2 Å². The number of nitrogens with zero attached hydrogens (tertiary/aromatic N) is 4. The predicted molar refractivity (Wildman–Crippen MR) is 90.0 cm³/mol. The molecule has 2 aliphatic rings. The molecule has 6 nitrogen and oxygen atoms in total. The highest BCUT2D eigenvalue weighted by molar-refractivity contribution is 9.10. The monoisotopic (exact) mass is 396 g/mol. The number of tetrazole rings is 1. The summed E-state index contributed by atoms with van der Waals surface area (Å²) in [5, 5.41) is 13.1. The Morgan fingerprint density at radius 3 is 2.70 bits per heavy atom. The SMILES string of the molecule is Brc1cc2c(cc1CSc1nnnn1C1CCCC1)OCCO2. The van der Waals surface area contributed by atoms with Crippen molar-refractivity contribution in [3.63, 3.8) is 0 Å². The van der Waals surface area contributed by atoms with Crippen LogP contribution in [0, 0.1) is 0 Å². The summed E-state index contributed by atoms with van der Waals surface area (Å²) in [5.41, 5.74) is 1.15. The number of halogens is 1. The second-order valence-electron chi connectivity index (χ2n) is 5.72. The molecule has 0 atom stereocenters. The molecule has 0 bridgehead atoms. The highest BCUT2D eigenvalue weighted by atomic mass is 79.9. The number of fused-ring (bicyclic) bond motifs is 1. The van der Waals surface area contributed by atoms with Crippen LogP contribution in [0.2, 0.25) is 0 Å². The van der Waals surface area contributed by atoms with Crippen LogP contribution < -0.4 is 9.47 Å². The number of thioether (sulfide) groups is 1. The topological polar surface area (TPSA) is 62.1 Å². The Labute approximate surface area is 147 Å². The van der Waals surface area contributed by atoms with Crippen LogP contribution in [0.3, 0.4) is 0 Å². The van der Waals surface area contributed by atoms with Crippen molar-refractivity contribution in [1.82, 2.24) is 20.2 Å². The fraction of sp³-hybridized carbons (Fsp3) is 0.533. The molecule has 23 heavy (non-hydrogen) atoms. The Bertz CT molecular complexity index is 703. The number of rotatable bonds is 4. The molecule has 0 spiro atoms. The van der Waals surface area contributed by atoms with Gasteiger partial charge in [0.05, 0.1) is 6.04 Å². The van der Waals surface area contributed by atoms with E-state index in [1.807, 2.05) is 16.8 Å². The van der Waals surface area contributed by atoms with Crippen LogP contribution in [-0.4, -0.2) is 33.4 Å². The maximum absolute atomic E-state index is 5.66. The van der Waals surface area contributed by atoms with Crippen molar-refractivity contribution >= 4 is 27.7 Å². The number of ether oxygens (including phenoxy) is 2. The average Bonchev–Trinajstić information content (AvgIpc) is 3.23. The number of hydrogen-bond acceptors (Lipinski definition) is 6. The zero-order chi connectivity index (χ0) is 15.6. The minimum Gasteiger partial charge on any atom is -0.486 e. The first kappa shape index (κ1) is 15.3. The molecule has 0 N–H and O–H groups in total. The molecule has 0 saturated heterocycles. The van der Waals surface area contributed by atoms with Gasteiger partial charge in [-0.25, -0.2) is 4.68 Å². The van der Waals surface area contributed by atoms with Crippen molar-refractivity contribution in [1.29, 1.82) is 0 Å². The predicted octanol–water partition coefficient (Wildman–Crippen LogP) is 3.61. The van der Waals surface area contributed by atoms with Gasteiger partial charge in [-0.05, 0) is 41.0 Å². The van der Waals surface area contributed by atoms with Crippen LogP contribution in [0.15, 0.2) is 21.8 Å². The molecule has 1 fully saturated rings. The third kappa shape index (κ3) is 3.19. The summed E-state index contributed by atoms with van der Waals surface area (Å²) < 4.78 is 14.3. The normalized spacial score (nSPS) is 17.6. The van der Waals surface area contributed by atoms with Crippen LogP contribution in [0.4, 0.5) is 0 Å². The third-order valence-corrected chi connectivity index (χ3v) is 5.92. The zero-order valence-corrected chi connectivity index (χ0v) is 15.0. The molecule has 2 heterocycles. The molecule has 4 rings (SSSR count). The van der Waals surface area contributed by atoms with Gasteiger partial charge in [0.15, 0.2) is 11.5 Å². The molecule has 2 aromatic rings. The van der Waals surface area contributed by atoms with Gasteiger partial charge in [-0.15, -0.1) is 5.10 Å². The summed E-state index contributed by atoms with van der Waals surface area (Å²) in [4.78, 5) is 0. The van der Waals surface area contributed by atoms with E-state index in [0.29, 0.717) is 19.3 Å². The Hall–Kier alpha value is -1.28. The fourth-order valence-corrected chi connectivity index (χ4v) is 4.60. The quantitative estimate of drug-likeness (QED) is 0.735. The van der Waals surface area contributed by atoms with E-state index in [0.717, 1.165) is 32.4 Å². The van der Waals surface area contributed by atoms with Crippen molar-refractivity contribution in [2.24, 2.45) is 0 Å². The largest absolute Gasteiger partial charge is 0.486 e. The molecule has 1 aromatic heterocycles. The van der Waals surface area contributed by atoms with E-state index < -0.39 is 0 Å². The van der Waals surface area contributed by atoms with Gasteiger partial charge >= 0.3 is 0 Å². The molecule has 0 radical (unpaired) electrons. The van der Waals surface area contributed by atoms with Gasteiger partial charge in [-0.3, -0.25) is 0 Å². The summed E-state index contributed by atoms with van der Waals surface area (Å²) in [5.74, 6) is 2.39. The van der Waals surface area contributed by atoms with E-state index in [2.05, 4.69) is 31.5 Å². The van der Waals surface area contributed by atoms with Gasteiger partial charge in [0, 0.05) is 10.2 Å². The molecule has 0 unspecified atom stereocenters. The summed E-state index contributed by atoms with van der Waals surface area (Å²) in [6.07, 6.45) is 4.88. The maximum atomic E-state index is 5.66. The Morgan fingerprint density at radius 2 is 1.91 bits per heavy atom. The summed E-state index contributed by atoms with van der Waals surface area (Å²) in [6, 6.07) is 4.47. The first-order valence-electron chi connectivity index (χ1n) is 7.80. The van der Waals surface area contributed by atoms with Crippen molar-refractivity contribution in [3.05, 3.63) is 22.2 Å². The molecule has 1 aromatic carbocycles. The van der Waals surface area contributed by atoms with Gasteiger partial charge in [-0.2, -0.15) is 0 Å². The number of aromatic nitrogens is 4. The van der Waals surface area contributed by atoms with Gasteiger partial charge in [-0.1, -0.05) is 40.5 Å². The van der Waals surface area contributed by atoms with Gasteiger partial charge in [0.2, 0.25) is 5.16 Å². The lowest BCUT2D eigenvalue weighted by atomic mass is 10.2. The van der Waals surface area contributed by atoms with Crippen molar-refractivity contribution in [3.8, 4) is 11.5 Å². The van der Waals surface area contributed by atoms with Crippen LogP contribution >= 0.6 is 27.7 Å². The first-order valence-corrected chi connectivity index (χ1v) is 9.58. The van der Waals surface area contributed by atoms with Crippen LogP contribution in [-0.2, 0) is 5.75 Å². The maximum Gasteiger partial charge on any atom is 0.209 e. The number of hydrogen-bond donors (Lipinski definition) is 0. The second kappa shape index (κ2) is 6.68. The second-order valence-corrected chi connectivity index (χ2v) is 7.52. The van der Waals surface area contributed by atoms with E-state index in [1.165, 1.54) is 25.7 Å². The van der Waals surface area contributed by atoms with Crippen molar-refractivity contribution in [2.45, 2.75) is 42.6 Å². The molecule has 0 amide bonds. The highest BCUT2D eigenvalue weighted by Gasteiger charge is 2.22. The smallest absolute Gasteiger partial charge is 0.209 e. The lowest BCUT2D eigenvalue weighted by Crippen LogP contribution is -2.15. The van der Waals surface area contributed by atoms with Crippen molar-refractivity contribution in [2.75, 3.05) is 13.2 Å². The fourth-order valence-electron chi connectivity index (χ4n) is 3.02. The average molecular weight is 397 g/mol. The Balaban J connectivity index is 1.50. The Kier molecular flexibility index (Phi) is 4.43. The van der Waals surface area contributed by atoms with Crippen LogP contribution in [0.1, 0.15) is 37.3 Å². The standard InChI is InChI=1S/C15H17BrN4O2S/c16-12-8-14-13(21-5-6-22-14)7-10(12)9-23-15-17-18-19-20(15)11-3-1-2-4-11/h7-8,11H,1-6,9H2. The van der Waals surface area contributed by atoms with Crippen molar-refractivity contribution < 1.29 is 9.47 Å². The molecule has 1 saturated carbocycles. The zero-order valence-electron chi connectivity index (χ0n) is 12.6. The number of benzene rings is 1. The highest BCUT2D eigenvalue weighted by Crippen LogP contribution is 2.38. The molecular formula is C15H17BrN4O2S. The van der Waals surface area contributed by atoms with Crippen LogP contribution in [0.25, 0.3) is 0 Å². The Morgan fingerprint density at radius 1 is 1.17 bits per heavy atom. The summed E-state index contributed by atoms with van der Waals surface area (Å²) in [6.45, 7) is 1.20. The molecule has 8 heteroatoms. The minimum absolute atomic E-state index is 0.455. The summed E-state index contributed by atoms with van der Waals surface area (Å²) >= 11 is 5.28. The van der Waals surface area contributed by atoms with E-state index in [1.54, 1.807) is 11.8 Å².